The molecule has 8 heteroatoms. The molecule has 0 saturated carbocycles. The summed E-state index contributed by atoms with van der Waals surface area (Å²) in [6, 6.07) is 13.0. The van der Waals surface area contributed by atoms with Gasteiger partial charge in [-0.25, -0.2) is 9.79 Å². The van der Waals surface area contributed by atoms with Crippen molar-refractivity contribution in [3.05, 3.63) is 90.1 Å². The first kappa shape index (κ1) is 27.4. The number of thiazole rings is 1. The summed E-state index contributed by atoms with van der Waals surface area (Å²) in [5.41, 5.74) is 3.51. The quantitative estimate of drug-likeness (QED) is 0.371. The summed E-state index contributed by atoms with van der Waals surface area (Å²) in [6.07, 6.45) is 1.87. The van der Waals surface area contributed by atoms with Crippen molar-refractivity contribution >= 4 is 23.4 Å². The Morgan fingerprint density at radius 3 is 2.34 bits per heavy atom. The van der Waals surface area contributed by atoms with Crippen LogP contribution in [0.3, 0.4) is 0 Å². The number of fused-ring (bicyclic) bond motifs is 1. The number of allylic oxidation sites excluding steroid dienone is 1. The first-order valence-electron chi connectivity index (χ1n) is 13.0. The van der Waals surface area contributed by atoms with Gasteiger partial charge < -0.3 is 14.2 Å². The predicted octanol–water partition coefficient (Wildman–Crippen LogP) is 4.72. The van der Waals surface area contributed by atoms with Crippen LogP contribution in [0.4, 0.5) is 0 Å². The predicted molar refractivity (Wildman–Crippen MR) is 150 cm³/mol. The molecule has 0 fully saturated rings. The lowest BCUT2D eigenvalue weighted by Crippen LogP contribution is -2.40. The molecule has 3 aromatic rings. The third kappa shape index (κ3) is 5.45. The van der Waals surface area contributed by atoms with E-state index in [1.54, 1.807) is 18.4 Å². The van der Waals surface area contributed by atoms with Gasteiger partial charge in [0.05, 0.1) is 41.7 Å². The fraction of sp³-hybridized carbons (Fsp3) is 0.367. The molecule has 0 spiro atoms. The van der Waals surface area contributed by atoms with Crippen LogP contribution in [-0.2, 0) is 9.53 Å². The molecule has 0 N–H and O–H groups in total. The Labute approximate surface area is 226 Å². The molecule has 1 aromatic heterocycles. The van der Waals surface area contributed by atoms with Crippen LogP contribution in [0.2, 0.25) is 0 Å². The van der Waals surface area contributed by atoms with Gasteiger partial charge in [0, 0.05) is 0 Å². The number of aromatic nitrogens is 1. The Hall–Kier alpha value is -3.65. The zero-order valence-corrected chi connectivity index (χ0v) is 23.6. The lowest BCUT2D eigenvalue weighted by molar-refractivity contribution is -0.139. The molecule has 0 radical (unpaired) electrons. The van der Waals surface area contributed by atoms with E-state index < -0.39 is 12.0 Å². The maximum atomic E-state index is 13.8. The summed E-state index contributed by atoms with van der Waals surface area (Å²) in [6.45, 7) is 12.8. The molecule has 200 valence electrons. The Bertz CT molecular complexity index is 1530. The van der Waals surface area contributed by atoms with Gasteiger partial charge >= 0.3 is 5.97 Å². The van der Waals surface area contributed by atoms with Gasteiger partial charge in [-0.3, -0.25) is 9.36 Å². The Balaban J connectivity index is 1.91. The number of carbonyl (C=O) groups is 1. The summed E-state index contributed by atoms with van der Waals surface area (Å²) in [4.78, 5) is 32.2. The van der Waals surface area contributed by atoms with Crippen molar-refractivity contribution in [2.75, 3.05) is 19.8 Å². The minimum atomic E-state index is -0.717. The van der Waals surface area contributed by atoms with Crippen LogP contribution in [0.1, 0.15) is 70.2 Å². The van der Waals surface area contributed by atoms with E-state index in [0.717, 1.165) is 5.56 Å². The van der Waals surface area contributed by atoms with E-state index in [2.05, 4.69) is 31.0 Å². The van der Waals surface area contributed by atoms with Gasteiger partial charge in [0.15, 0.2) is 16.3 Å². The number of ether oxygens (including phenoxy) is 3. The highest BCUT2D eigenvalue weighted by Crippen LogP contribution is 2.36. The minimum Gasteiger partial charge on any atom is -0.490 e. The van der Waals surface area contributed by atoms with Gasteiger partial charge in [-0.05, 0) is 68.5 Å². The van der Waals surface area contributed by atoms with Crippen LogP contribution in [0.5, 0.6) is 11.5 Å². The second-order valence-corrected chi connectivity index (χ2v) is 10.2. The number of hydrogen-bond acceptors (Lipinski definition) is 7. The van der Waals surface area contributed by atoms with E-state index in [1.807, 2.05) is 50.3 Å². The van der Waals surface area contributed by atoms with Gasteiger partial charge in [0.2, 0.25) is 0 Å². The molecule has 1 unspecified atom stereocenters. The molecule has 0 saturated heterocycles. The molecule has 38 heavy (non-hydrogen) atoms. The van der Waals surface area contributed by atoms with Crippen molar-refractivity contribution in [1.82, 2.24) is 4.57 Å². The van der Waals surface area contributed by atoms with Crippen LogP contribution in [0, 0.1) is 0 Å². The number of benzene rings is 2. The van der Waals surface area contributed by atoms with Crippen molar-refractivity contribution in [2.45, 2.75) is 53.5 Å². The second kappa shape index (κ2) is 11.8. The maximum Gasteiger partial charge on any atom is 0.338 e. The smallest absolute Gasteiger partial charge is 0.338 e. The molecular weight excluding hydrogens is 500 g/mol. The maximum absolute atomic E-state index is 13.8. The van der Waals surface area contributed by atoms with Crippen molar-refractivity contribution in [3.8, 4) is 11.5 Å². The van der Waals surface area contributed by atoms with Crippen molar-refractivity contribution in [2.24, 2.45) is 4.99 Å². The normalized spacial score (nSPS) is 15.3. The number of carbonyl (C=O) groups excluding carboxylic acids is 1. The third-order valence-corrected chi connectivity index (χ3v) is 7.28. The summed E-state index contributed by atoms with van der Waals surface area (Å²) < 4.78 is 19.1. The van der Waals surface area contributed by atoms with Crippen molar-refractivity contribution in [3.63, 3.8) is 0 Å². The lowest BCUT2D eigenvalue weighted by Gasteiger charge is -2.25. The summed E-state index contributed by atoms with van der Waals surface area (Å²) in [5.74, 6) is 1.09. The van der Waals surface area contributed by atoms with Crippen LogP contribution in [-0.4, -0.2) is 30.4 Å². The van der Waals surface area contributed by atoms with E-state index in [0.29, 0.717) is 56.8 Å². The van der Waals surface area contributed by atoms with E-state index in [9.17, 15) is 9.59 Å². The molecule has 1 atom stereocenters. The number of rotatable bonds is 9. The third-order valence-electron chi connectivity index (χ3n) is 6.30. The van der Waals surface area contributed by atoms with Gasteiger partial charge in [-0.1, -0.05) is 55.5 Å². The Morgan fingerprint density at radius 1 is 1.03 bits per heavy atom. The van der Waals surface area contributed by atoms with Crippen molar-refractivity contribution < 1.29 is 19.0 Å². The summed E-state index contributed by atoms with van der Waals surface area (Å²) in [7, 11) is 0. The van der Waals surface area contributed by atoms with Gasteiger partial charge in [0.1, 0.15) is 0 Å². The molecule has 0 bridgehead atoms. The highest BCUT2D eigenvalue weighted by atomic mass is 32.1. The first-order valence-corrected chi connectivity index (χ1v) is 13.8. The van der Waals surface area contributed by atoms with Crippen LogP contribution < -0.4 is 24.4 Å². The molecule has 0 amide bonds. The topological polar surface area (TPSA) is 79.1 Å². The summed E-state index contributed by atoms with van der Waals surface area (Å²) in [5, 5.41) is 0. The number of nitrogens with zero attached hydrogens (tertiary/aromatic N) is 2. The van der Waals surface area contributed by atoms with E-state index >= 15 is 0 Å². The Kier molecular flexibility index (Phi) is 8.52. The highest BCUT2D eigenvalue weighted by Gasteiger charge is 2.34. The second-order valence-electron chi connectivity index (χ2n) is 9.20. The van der Waals surface area contributed by atoms with Gasteiger partial charge in [-0.15, -0.1) is 0 Å². The van der Waals surface area contributed by atoms with E-state index in [4.69, 9.17) is 14.2 Å². The van der Waals surface area contributed by atoms with E-state index in [-0.39, 0.29) is 12.2 Å². The summed E-state index contributed by atoms with van der Waals surface area (Å²) >= 11 is 1.31. The molecular formula is C30H34N2O5S. The Morgan fingerprint density at radius 2 is 1.71 bits per heavy atom. The largest absolute Gasteiger partial charge is 0.490 e. The monoisotopic (exact) mass is 534 g/mol. The zero-order chi connectivity index (χ0) is 27.4. The van der Waals surface area contributed by atoms with Crippen molar-refractivity contribution in [1.29, 1.82) is 0 Å². The van der Waals surface area contributed by atoms with E-state index in [1.165, 1.54) is 16.9 Å². The molecule has 4 rings (SSSR count). The average molecular weight is 535 g/mol. The molecule has 7 nitrogen and oxygen atoms in total. The zero-order valence-electron chi connectivity index (χ0n) is 22.7. The molecule has 2 aromatic carbocycles. The van der Waals surface area contributed by atoms with Crippen LogP contribution in [0.15, 0.2) is 63.5 Å². The lowest BCUT2D eigenvalue weighted by atomic mass is 9.95. The van der Waals surface area contributed by atoms with Crippen LogP contribution in [0.25, 0.3) is 6.08 Å². The van der Waals surface area contributed by atoms with Gasteiger partial charge in [0.25, 0.3) is 5.56 Å². The highest BCUT2D eigenvalue weighted by molar-refractivity contribution is 7.07. The fourth-order valence-electron chi connectivity index (χ4n) is 4.47. The molecule has 1 aliphatic rings. The standard InChI is InChI=1S/C30H34N2O5S/c1-7-35-23-15-14-22(17-24(23)36-8-2)27-26(29(34)37-9-3)19(6)31-30-32(27)28(33)25(38-30)16-20-10-12-21(13-11-20)18(4)5/h10-18,27H,7-9H2,1-6H3. The molecule has 0 aliphatic carbocycles. The average Bonchev–Trinajstić information content (AvgIpc) is 3.19. The molecule has 1 aliphatic heterocycles. The number of esters is 1. The first-order chi connectivity index (χ1) is 18.3. The SMILES string of the molecule is CCOC(=O)C1=C(C)N=c2sc(=Cc3ccc(C(C)C)cc3)c(=O)n2C1c1ccc(OCC)c(OCC)c1. The van der Waals surface area contributed by atoms with Crippen LogP contribution >= 0.6 is 11.3 Å². The number of hydrogen-bond donors (Lipinski definition) is 0. The minimum absolute atomic E-state index is 0.215. The fourth-order valence-corrected chi connectivity index (χ4v) is 5.52. The van der Waals surface area contributed by atoms with Gasteiger partial charge in [-0.2, -0.15) is 0 Å². The molecule has 2 heterocycles.